The molecule has 0 radical (unpaired) electrons. The third kappa shape index (κ3) is 6.36. The van der Waals surface area contributed by atoms with Crippen molar-refractivity contribution in [2.45, 2.75) is 57.6 Å². The average Bonchev–Trinajstić information content (AvgIpc) is 2.84. The molecule has 3 rings (SSSR count). The number of methoxy groups -OCH3 is 1. The molecule has 0 bridgehead atoms. The molecule has 3 unspecified atom stereocenters. The van der Waals surface area contributed by atoms with Gasteiger partial charge in [0.1, 0.15) is 5.75 Å². The van der Waals surface area contributed by atoms with E-state index in [4.69, 9.17) is 9.47 Å². The zero-order chi connectivity index (χ0) is 24.6. The Labute approximate surface area is 204 Å². The first-order chi connectivity index (χ1) is 16.4. The average molecular weight is 473 g/mol. The van der Waals surface area contributed by atoms with E-state index in [0.29, 0.717) is 30.4 Å². The number of likely N-dealkylation sites (tertiary alicyclic amines) is 1. The number of ether oxygens (including phenoxy) is 2. The van der Waals surface area contributed by atoms with Crippen molar-refractivity contribution >= 4 is 0 Å². The molecule has 2 aromatic rings. The fraction of sp³-hybridized carbons (Fsp3) is 0.571. The van der Waals surface area contributed by atoms with Crippen LogP contribution in [-0.4, -0.2) is 56.4 Å². The molecule has 5 nitrogen and oxygen atoms in total. The molecular weight excluding hydrogens is 431 g/mol. The second kappa shape index (κ2) is 12.6. The number of benzene rings is 2. The van der Waals surface area contributed by atoms with Crippen LogP contribution < -0.4 is 10.1 Å². The summed E-state index contributed by atoms with van der Waals surface area (Å²) in [4.78, 5) is 2.41. The van der Waals surface area contributed by atoms with Crippen molar-refractivity contribution in [3.8, 4) is 11.5 Å². The minimum Gasteiger partial charge on any atom is -0.454 e. The van der Waals surface area contributed by atoms with E-state index < -0.39 is 11.4 Å². The van der Waals surface area contributed by atoms with Crippen molar-refractivity contribution in [2.75, 3.05) is 40.4 Å². The number of aryl methyl sites for hydroxylation is 1. The monoisotopic (exact) mass is 472 g/mol. The van der Waals surface area contributed by atoms with Crippen molar-refractivity contribution in [1.29, 1.82) is 0 Å². The summed E-state index contributed by atoms with van der Waals surface area (Å²) < 4.78 is 27.1. The predicted octanol–water partition coefficient (Wildman–Crippen LogP) is 5.25. The molecule has 2 N–H and O–H groups in total. The van der Waals surface area contributed by atoms with E-state index in [1.807, 2.05) is 38.2 Å². The molecule has 1 fully saturated rings. The Kier molecular flexibility index (Phi) is 9.89. The molecule has 0 aromatic heterocycles. The molecule has 0 amide bonds. The van der Waals surface area contributed by atoms with Crippen LogP contribution in [0.25, 0.3) is 0 Å². The quantitative estimate of drug-likeness (QED) is 0.413. The standard InChI is InChI=1S/C28H41FN2O3/c1-21-11-5-6-14-25(21)34-26-15-9-13-24(27(26)29)28(32,16-7-8-18-33-4)23-12-10-17-31(20-23)22(2)19-30-3/h5-6,9,11,13-15,22-23,30,32H,7-8,10,12,16-20H2,1-4H3. The first-order valence-corrected chi connectivity index (χ1v) is 12.5. The number of aliphatic hydroxyl groups is 1. The lowest BCUT2D eigenvalue weighted by atomic mass is 9.73. The fourth-order valence-electron chi connectivity index (χ4n) is 5.13. The first-order valence-electron chi connectivity index (χ1n) is 12.5. The van der Waals surface area contributed by atoms with Gasteiger partial charge < -0.3 is 19.9 Å². The molecule has 3 atom stereocenters. The second-order valence-corrected chi connectivity index (χ2v) is 9.60. The number of nitrogens with zero attached hydrogens (tertiary/aromatic N) is 1. The summed E-state index contributed by atoms with van der Waals surface area (Å²) in [5, 5.41) is 15.4. The Morgan fingerprint density at radius 1 is 1.18 bits per heavy atom. The van der Waals surface area contributed by atoms with E-state index in [9.17, 15) is 5.11 Å². The molecule has 34 heavy (non-hydrogen) atoms. The zero-order valence-electron chi connectivity index (χ0n) is 21.1. The van der Waals surface area contributed by atoms with Crippen LogP contribution >= 0.6 is 0 Å². The number of piperidine rings is 1. The minimum absolute atomic E-state index is 0.0636. The lowest BCUT2D eigenvalue weighted by Crippen LogP contribution is -2.51. The highest BCUT2D eigenvalue weighted by Crippen LogP contribution is 2.43. The van der Waals surface area contributed by atoms with Gasteiger partial charge in [0.05, 0.1) is 5.60 Å². The summed E-state index contributed by atoms with van der Waals surface area (Å²) in [6.07, 6.45) is 3.92. The van der Waals surface area contributed by atoms with E-state index in [0.717, 1.165) is 50.9 Å². The number of para-hydroxylation sites is 1. The summed E-state index contributed by atoms with van der Waals surface area (Å²) >= 11 is 0. The second-order valence-electron chi connectivity index (χ2n) is 9.60. The predicted molar refractivity (Wildman–Crippen MR) is 135 cm³/mol. The topological polar surface area (TPSA) is 54.0 Å². The van der Waals surface area contributed by atoms with Gasteiger partial charge in [0.15, 0.2) is 11.6 Å². The van der Waals surface area contributed by atoms with E-state index in [-0.39, 0.29) is 11.7 Å². The van der Waals surface area contributed by atoms with Crippen molar-refractivity contribution in [2.24, 2.45) is 5.92 Å². The van der Waals surface area contributed by atoms with Gasteiger partial charge in [0, 0.05) is 44.3 Å². The number of nitrogens with one attached hydrogen (secondary N) is 1. The maximum absolute atomic E-state index is 16.0. The number of unbranched alkanes of at least 4 members (excludes halogenated alkanes) is 1. The van der Waals surface area contributed by atoms with Crippen LogP contribution in [0.4, 0.5) is 4.39 Å². The van der Waals surface area contributed by atoms with Gasteiger partial charge in [-0.3, -0.25) is 4.90 Å². The highest BCUT2D eigenvalue weighted by Gasteiger charge is 2.43. The lowest BCUT2D eigenvalue weighted by Gasteiger charge is -2.44. The van der Waals surface area contributed by atoms with Crippen LogP contribution in [0.5, 0.6) is 11.5 Å². The molecule has 188 valence electrons. The van der Waals surface area contributed by atoms with Crippen LogP contribution in [0.1, 0.15) is 50.2 Å². The molecular formula is C28H41FN2O3. The fourth-order valence-corrected chi connectivity index (χ4v) is 5.13. The number of hydrogen-bond acceptors (Lipinski definition) is 5. The van der Waals surface area contributed by atoms with E-state index in [1.54, 1.807) is 25.3 Å². The summed E-state index contributed by atoms with van der Waals surface area (Å²) in [6, 6.07) is 13.1. The molecule has 0 saturated carbocycles. The van der Waals surface area contributed by atoms with Crippen LogP contribution in [0, 0.1) is 18.7 Å². The Morgan fingerprint density at radius 3 is 2.68 bits per heavy atom. The number of halogens is 1. The smallest absolute Gasteiger partial charge is 0.171 e. The third-order valence-electron chi connectivity index (χ3n) is 7.15. The van der Waals surface area contributed by atoms with Gasteiger partial charge in [-0.05, 0) is 77.2 Å². The lowest BCUT2D eigenvalue weighted by molar-refractivity contribution is -0.0689. The number of likely N-dealkylation sites (N-methyl/N-ethyl adjacent to an activating group) is 1. The Hall–Kier alpha value is -1.99. The number of rotatable bonds is 12. The molecule has 1 aliphatic rings. The van der Waals surface area contributed by atoms with Crippen LogP contribution in [0.2, 0.25) is 0 Å². The summed E-state index contributed by atoms with van der Waals surface area (Å²) in [5.74, 6) is 0.233. The molecule has 1 aliphatic heterocycles. The van der Waals surface area contributed by atoms with Crippen LogP contribution in [0.15, 0.2) is 42.5 Å². The van der Waals surface area contributed by atoms with Gasteiger partial charge in [-0.15, -0.1) is 0 Å². The molecule has 1 heterocycles. The highest BCUT2D eigenvalue weighted by molar-refractivity contribution is 5.41. The normalized spacial score (nSPS) is 19.5. The third-order valence-corrected chi connectivity index (χ3v) is 7.15. The maximum Gasteiger partial charge on any atom is 0.171 e. The molecule has 6 heteroatoms. The SMILES string of the molecule is CNCC(C)N1CCCC(C(O)(CCCCOC)c2cccc(Oc3ccccc3C)c2F)C1. The minimum atomic E-state index is -1.28. The maximum atomic E-state index is 16.0. The summed E-state index contributed by atoms with van der Waals surface area (Å²) in [7, 11) is 3.64. The summed E-state index contributed by atoms with van der Waals surface area (Å²) in [6.45, 7) is 7.39. The first kappa shape index (κ1) is 26.6. The van der Waals surface area contributed by atoms with Gasteiger partial charge in [-0.1, -0.05) is 30.3 Å². The van der Waals surface area contributed by atoms with E-state index >= 15 is 4.39 Å². The van der Waals surface area contributed by atoms with Crippen molar-refractivity contribution in [1.82, 2.24) is 10.2 Å². The van der Waals surface area contributed by atoms with Crippen LogP contribution in [0.3, 0.4) is 0 Å². The largest absolute Gasteiger partial charge is 0.454 e. The Balaban J connectivity index is 1.92. The van der Waals surface area contributed by atoms with Gasteiger partial charge in [-0.2, -0.15) is 0 Å². The van der Waals surface area contributed by atoms with Crippen molar-refractivity contribution < 1.29 is 19.0 Å². The molecule has 2 aromatic carbocycles. The Bertz CT molecular complexity index is 909. The molecule has 1 saturated heterocycles. The number of hydrogen-bond donors (Lipinski definition) is 2. The van der Waals surface area contributed by atoms with E-state index in [2.05, 4.69) is 17.1 Å². The molecule has 0 spiro atoms. The summed E-state index contributed by atoms with van der Waals surface area (Å²) in [5.41, 5.74) is -0.00581. The van der Waals surface area contributed by atoms with Crippen molar-refractivity contribution in [3.63, 3.8) is 0 Å². The van der Waals surface area contributed by atoms with Gasteiger partial charge >= 0.3 is 0 Å². The van der Waals surface area contributed by atoms with Gasteiger partial charge in [0.2, 0.25) is 0 Å². The van der Waals surface area contributed by atoms with E-state index in [1.165, 1.54) is 0 Å². The van der Waals surface area contributed by atoms with Gasteiger partial charge in [-0.25, -0.2) is 4.39 Å². The van der Waals surface area contributed by atoms with Gasteiger partial charge in [0.25, 0.3) is 0 Å². The highest BCUT2D eigenvalue weighted by atomic mass is 19.1. The van der Waals surface area contributed by atoms with Crippen LogP contribution in [-0.2, 0) is 10.3 Å². The molecule has 0 aliphatic carbocycles. The zero-order valence-corrected chi connectivity index (χ0v) is 21.1. The van der Waals surface area contributed by atoms with Crippen molar-refractivity contribution in [3.05, 3.63) is 59.4 Å². The Morgan fingerprint density at radius 2 is 1.94 bits per heavy atom.